The molecule has 2 heterocycles. The molecule has 0 atom stereocenters. The number of nitrogens with zero attached hydrogens (tertiary/aromatic N) is 1. The molecular formula is C12H9NO. The molecule has 0 bridgehead atoms. The molecule has 0 saturated carbocycles. The zero-order valence-corrected chi connectivity index (χ0v) is 7.60. The van der Waals surface area contributed by atoms with Crippen LogP contribution in [0.3, 0.4) is 0 Å². The monoisotopic (exact) mass is 183 g/mol. The van der Waals surface area contributed by atoms with Crippen LogP contribution in [0.15, 0.2) is 42.6 Å². The van der Waals surface area contributed by atoms with Crippen LogP contribution in [0.25, 0.3) is 0 Å². The number of ether oxygens (including phenoxy) is 1. The standard InChI is InChI=1S/C12H9NO/c1-2-5-11-9(4-1)8-10-12(14-11)6-3-7-13-10/h1-7H,8H2. The van der Waals surface area contributed by atoms with Crippen molar-refractivity contribution < 1.29 is 4.74 Å². The fourth-order valence-corrected chi connectivity index (χ4v) is 1.70. The van der Waals surface area contributed by atoms with Crippen molar-refractivity contribution in [3.8, 4) is 11.5 Å². The molecule has 1 aromatic heterocycles. The minimum absolute atomic E-state index is 0.867. The van der Waals surface area contributed by atoms with Gasteiger partial charge in [0.15, 0.2) is 0 Å². The van der Waals surface area contributed by atoms with E-state index in [1.807, 2.05) is 30.3 Å². The molecule has 2 heteroatoms. The number of hydrogen-bond donors (Lipinski definition) is 0. The smallest absolute Gasteiger partial charge is 0.149 e. The summed E-state index contributed by atoms with van der Waals surface area (Å²) in [6.07, 6.45) is 2.67. The third-order valence-corrected chi connectivity index (χ3v) is 2.40. The van der Waals surface area contributed by atoms with Gasteiger partial charge in [0.2, 0.25) is 0 Å². The van der Waals surface area contributed by atoms with Crippen LogP contribution in [0, 0.1) is 0 Å². The Labute approximate surface area is 82.2 Å². The lowest BCUT2D eigenvalue weighted by molar-refractivity contribution is 0.455. The van der Waals surface area contributed by atoms with E-state index in [1.54, 1.807) is 6.20 Å². The van der Waals surface area contributed by atoms with Crippen molar-refractivity contribution in [1.82, 2.24) is 4.98 Å². The molecular weight excluding hydrogens is 174 g/mol. The lowest BCUT2D eigenvalue weighted by Gasteiger charge is -2.18. The second-order valence-corrected chi connectivity index (χ2v) is 3.33. The molecule has 0 N–H and O–H groups in total. The van der Waals surface area contributed by atoms with Gasteiger partial charge in [-0.05, 0) is 18.2 Å². The molecule has 14 heavy (non-hydrogen) atoms. The number of hydrogen-bond acceptors (Lipinski definition) is 2. The second-order valence-electron chi connectivity index (χ2n) is 3.33. The highest BCUT2D eigenvalue weighted by atomic mass is 16.5. The average molecular weight is 183 g/mol. The number of aromatic nitrogens is 1. The summed E-state index contributed by atoms with van der Waals surface area (Å²) in [5.74, 6) is 1.83. The van der Waals surface area contributed by atoms with E-state index in [4.69, 9.17) is 4.74 Å². The zero-order valence-electron chi connectivity index (χ0n) is 7.60. The maximum absolute atomic E-state index is 5.71. The largest absolute Gasteiger partial charge is 0.455 e. The van der Waals surface area contributed by atoms with E-state index in [2.05, 4.69) is 11.1 Å². The van der Waals surface area contributed by atoms with Gasteiger partial charge in [-0.15, -0.1) is 0 Å². The molecule has 1 aromatic carbocycles. The predicted molar refractivity (Wildman–Crippen MR) is 53.6 cm³/mol. The fraction of sp³-hybridized carbons (Fsp3) is 0.0833. The van der Waals surface area contributed by atoms with E-state index >= 15 is 0 Å². The second kappa shape index (κ2) is 2.84. The molecule has 0 unspecified atom stereocenters. The maximum Gasteiger partial charge on any atom is 0.149 e. The Balaban J connectivity index is 2.12. The summed E-state index contributed by atoms with van der Waals surface area (Å²) in [5.41, 5.74) is 2.23. The molecule has 68 valence electrons. The van der Waals surface area contributed by atoms with Crippen LogP contribution in [0.1, 0.15) is 11.3 Å². The van der Waals surface area contributed by atoms with E-state index in [0.717, 1.165) is 23.6 Å². The topological polar surface area (TPSA) is 22.1 Å². The Bertz CT molecular complexity index is 392. The van der Waals surface area contributed by atoms with Crippen LogP contribution >= 0.6 is 0 Å². The van der Waals surface area contributed by atoms with E-state index in [9.17, 15) is 0 Å². The fourth-order valence-electron chi connectivity index (χ4n) is 1.70. The Morgan fingerprint density at radius 3 is 2.86 bits per heavy atom. The van der Waals surface area contributed by atoms with Crippen molar-refractivity contribution in [2.24, 2.45) is 0 Å². The minimum Gasteiger partial charge on any atom is -0.455 e. The molecule has 0 spiro atoms. The van der Waals surface area contributed by atoms with Gasteiger partial charge in [0.1, 0.15) is 11.5 Å². The Hall–Kier alpha value is -1.83. The maximum atomic E-state index is 5.71. The molecule has 1 aliphatic heterocycles. The lowest BCUT2D eigenvalue weighted by atomic mass is 10.1. The highest BCUT2D eigenvalue weighted by Gasteiger charge is 2.16. The molecule has 0 aliphatic carbocycles. The van der Waals surface area contributed by atoms with Crippen molar-refractivity contribution in [2.75, 3.05) is 0 Å². The van der Waals surface area contributed by atoms with Crippen molar-refractivity contribution in [3.05, 3.63) is 53.9 Å². The first kappa shape index (κ1) is 7.56. The van der Waals surface area contributed by atoms with Crippen LogP contribution in [0.2, 0.25) is 0 Å². The third kappa shape index (κ3) is 1.08. The summed E-state index contributed by atoms with van der Waals surface area (Å²) in [6, 6.07) is 11.9. The quantitative estimate of drug-likeness (QED) is 0.534. The van der Waals surface area contributed by atoms with Crippen LogP contribution in [-0.4, -0.2) is 4.98 Å². The number of rotatable bonds is 0. The Morgan fingerprint density at radius 2 is 1.86 bits per heavy atom. The van der Waals surface area contributed by atoms with E-state index in [0.29, 0.717) is 0 Å². The minimum atomic E-state index is 0.867. The van der Waals surface area contributed by atoms with E-state index in [-0.39, 0.29) is 0 Å². The summed E-state index contributed by atoms with van der Waals surface area (Å²) in [4.78, 5) is 4.29. The third-order valence-electron chi connectivity index (χ3n) is 2.40. The van der Waals surface area contributed by atoms with Gasteiger partial charge in [0, 0.05) is 18.2 Å². The zero-order chi connectivity index (χ0) is 9.38. The summed E-state index contributed by atoms with van der Waals surface area (Å²) < 4.78 is 5.71. The number of fused-ring (bicyclic) bond motifs is 2. The lowest BCUT2D eigenvalue weighted by Crippen LogP contribution is -2.04. The summed E-state index contributed by atoms with van der Waals surface area (Å²) >= 11 is 0. The SMILES string of the molecule is c1ccc2c(c1)Cc1ncccc1O2. The summed E-state index contributed by atoms with van der Waals surface area (Å²) in [5, 5.41) is 0. The molecule has 2 nitrogen and oxygen atoms in total. The van der Waals surface area contributed by atoms with Crippen molar-refractivity contribution in [3.63, 3.8) is 0 Å². The summed E-state index contributed by atoms with van der Waals surface area (Å²) in [7, 11) is 0. The van der Waals surface area contributed by atoms with Gasteiger partial charge in [-0.25, -0.2) is 0 Å². The van der Waals surface area contributed by atoms with Gasteiger partial charge in [-0.2, -0.15) is 0 Å². The van der Waals surface area contributed by atoms with Crippen LogP contribution in [0.4, 0.5) is 0 Å². The Kier molecular flexibility index (Phi) is 1.53. The van der Waals surface area contributed by atoms with Gasteiger partial charge in [-0.3, -0.25) is 4.98 Å². The average Bonchev–Trinajstić information content (AvgIpc) is 2.26. The number of pyridine rings is 1. The van der Waals surface area contributed by atoms with E-state index in [1.165, 1.54) is 5.56 Å². The molecule has 2 aromatic rings. The summed E-state index contributed by atoms with van der Waals surface area (Å²) in [6.45, 7) is 0. The van der Waals surface area contributed by atoms with Crippen molar-refractivity contribution in [1.29, 1.82) is 0 Å². The number of para-hydroxylation sites is 1. The first-order valence-corrected chi connectivity index (χ1v) is 4.63. The predicted octanol–water partition coefficient (Wildman–Crippen LogP) is 2.78. The molecule has 3 rings (SSSR count). The van der Waals surface area contributed by atoms with Gasteiger partial charge in [0.05, 0.1) is 5.69 Å². The van der Waals surface area contributed by atoms with Crippen LogP contribution in [-0.2, 0) is 6.42 Å². The van der Waals surface area contributed by atoms with Gasteiger partial charge in [0.25, 0.3) is 0 Å². The van der Waals surface area contributed by atoms with Gasteiger partial charge in [-0.1, -0.05) is 18.2 Å². The van der Waals surface area contributed by atoms with Crippen LogP contribution < -0.4 is 4.74 Å². The molecule has 0 fully saturated rings. The first-order chi connectivity index (χ1) is 6.93. The van der Waals surface area contributed by atoms with E-state index < -0.39 is 0 Å². The van der Waals surface area contributed by atoms with Gasteiger partial charge >= 0.3 is 0 Å². The number of benzene rings is 1. The Morgan fingerprint density at radius 1 is 1.00 bits per heavy atom. The highest BCUT2D eigenvalue weighted by molar-refractivity contribution is 5.46. The van der Waals surface area contributed by atoms with Crippen molar-refractivity contribution in [2.45, 2.75) is 6.42 Å². The highest BCUT2D eigenvalue weighted by Crippen LogP contribution is 2.34. The van der Waals surface area contributed by atoms with Crippen LogP contribution in [0.5, 0.6) is 11.5 Å². The van der Waals surface area contributed by atoms with Crippen molar-refractivity contribution >= 4 is 0 Å². The normalized spacial score (nSPS) is 12.6. The first-order valence-electron chi connectivity index (χ1n) is 4.63. The molecule has 1 aliphatic rings. The van der Waals surface area contributed by atoms with Gasteiger partial charge < -0.3 is 4.74 Å². The molecule has 0 amide bonds. The molecule has 0 saturated heterocycles. The molecule has 0 radical (unpaired) electrons.